The predicted octanol–water partition coefficient (Wildman–Crippen LogP) is 1.24. The van der Waals surface area contributed by atoms with Crippen LogP contribution < -0.4 is 10.6 Å². The number of aliphatic carboxylic acids is 1. The Hall–Kier alpha value is -1.47. The lowest BCUT2D eigenvalue weighted by Gasteiger charge is -2.22. The molecule has 0 bridgehead atoms. The Labute approximate surface area is 95.4 Å². The zero-order chi connectivity index (χ0) is 13.3. The molecule has 2 amide bonds. The first kappa shape index (κ1) is 13.6. The Bertz CT molecular complexity index is 326. The Morgan fingerprint density at radius 1 is 1.41 bits per heavy atom. The SMILES string of the molecule is CC[C@H](NC(=O)NC1(C(F)(F)F)CC1)C(=O)O. The number of carbonyl (C=O) groups is 2. The number of rotatable bonds is 4. The number of alkyl halides is 3. The van der Waals surface area contributed by atoms with Crippen LogP contribution in [-0.4, -0.2) is 34.9 Å². The van der Waals surface area contributed by atoms with Gasteiger partial charge < -0.3 is 15.7 Å². The van der Waals surface area contributed by atoms with Crippen LogP contribution in [0.2, 0.25) is 0 Å². The van der Waals surface area contributed by atoms with Crippen molar-refractivity contribution in [3.63, 3.8) is 0 Å². The summed E-state index contributed by atoms with van der Waals surface area (Å²) >= 11 is 0. The molecule has 1 rings (SSSR count). The number of nitrogens with one attached hydrogen (secondary N) is 2. The quantitative estimate of drug-likeness (QED) is 0.706. The van der Waals surface area contributed by atoms with Crippen molar-refractivity contribution >= 4 is 12.0 Å². The average Bonchev–Trinajstić information content (AvgIpc) is 2.93. The third-order valence-corrected chi connectivity index (χ3v) is 2.66. The molecule has 1 aliphatic carbocycles. The molecule has 0 aromatic rings. The van der Waals surface area contributed by atoms with E-state index in [2.05, 4.69) is 0 Å². The number of carboxylic acid groups (broad SMARTS) is 1. The zero-order valence-corrected chi connectivity index (χ0v) is 9.10. The fourth-order valence-corrected chi connectivity index (χ4v) is 1.35. The highest BCUT2D eigenvalue weighted by Gasteiger charge is 2.64. The molecule has 0 unspecified atom stereocenters. The molecule has 1 saturated carbocycles. The number of amides is 2. The minimum Gasteiger partial charge on any atom is -0.480 e. The zero-order valence-electron chi connectivity index (χ0n) is 9.10. The lowest BCUT2D eigenvalue weighted by Crippen LogP contribution is -2.54. The molecule has 0 heterocycles. The topological polar surface area (TPSA) is 78.4 Å². The number of hydrogen-bond donors (Lipinski definition) is 3. The van der Waals surface area contributed by atoms with Gasteiger partial charge in [0.1, 0.15) is 11.6 Å². The van der Waals surface area contributed by atoms with Crippen LogP contribution >= 0.6 is 0 Å². The van der Waals surface area contributed by atoms with Gasteiger partial charge in [-0.2, -0.15) is 13.2 Å². The predicted molar refractivity (Wildman–Crippen MR) is 51.4 cm³/mol. The standard InChI is InChI=1S/C9H13F3N2O3/c1-2-5(6(15)16)13-7(17)14-8(3-4-8)9(10,11)12/h5H,2-4H2,1H3,(H,15,16)(H2,13,14,17)/t5-/m0/s1. The second kappa shape index (κ2) is 4.42. The second-order valence-corrected chi connectivity index (χ2v) is 3.98. The lowest BCUT2D eigenvalue weighted by molar-refractivity contribution is -0.162. The molecular formula is C9H13F3N2O3. The van der Waals surface area contributed by atoms with Crippen molar-refractivity contribution in [1.82, 2.24) is 10.6 Å². The van der Waals surface area contributed by atoms with E-state index in [0.29, 0.717) is 0 Å². The smallest absolute Gasteiger partial charge is 0.411 e. The summed E-state index contributed by atoms with van der Waals surface area (Å²) in [4.78, 5) is 21.8. The van der Waals surface area contributed by atoms with Gasteiger partial charge in [0.25, 0.3) is 0 Å². The average molecular weight is 254 g/mol. The van der Waals surface area contributed by atoms with E-state index in [1.54, 1.807) is 5.32 Å². The van der Waals surface area contributed by atoms with E-state index in [-0.39, 0.29) is 19.3 Å². The first-order valence-corrected chi connectivity index (χ1v) is 5.10. The van der Waals surface area contributed by atoms with Gasteiger partial charge in [0.05, 0.1) is 0 Å². The maximum atomic E-state index is 12.5. The van der Waals surface area contributed by atoms with E-state index < -0.39 is 29.8 Å². The molecule has 1 aliphatic rings. The summed E-state index contributed by atoms with van der Waals surface area (Å²) < 4.78 is 37.4. The Morgan fingerprint density at radius 3 is 2.24 bits per heavy atom. The number of halogens is 3. The lowest BCUT2D eigenvalue weighted by atomic mass is 10.2. The Kier molecular flexibility index (Phi) is 3.53. The molecular weight excluding hydrogens is 241 g/mol. The van der Waals surface area contributed by atoms with Crippen LogP contribution in [0.25, 0.3) is 0 Å². The number of carbonyl (C=O) groups excluding carboxylic acids is 1. The van der Waals surface area contributed by atoms with E-state index in [9.17, 15) is 22.8 Å². The highest BCUT2D eigenvalue weighted by molar-refractivity contribution is 5.83. The van der Waals surface area contributed by atoms with Gasteiger partial charge in [0, 0.05) is 0 Å². The summed E-state index contributed by atoms with van der Waals surface area (Å²) in [7, 11) is 0. The largest absolute Gasteiger partial charge is 0.480 e. The first-order chi connectivity index (χ1) is 7.72. The third-order valence-electron chi connectivity index (χ3n) is 2.66. The summed E-state index contributed by atoms with van der Waals surface area (Å²) in [5.41, 5.74) is -2.17. The van der Waals surface area contributed by atoms with Gasteiger partial charge in [-0.15, -0.1) is 0 Å². The Balaban J connectivity index is 2.54. The highest BCUT2D eigenvalue weighted by Crippen LogP contribution is 2.48. The van der Waals surface area contributed by atoms with Crippen LogP contribution in [0.1, 0.15) is 26.2 Å². The van der Waals surface area contributed by atoms with E-state index in [4.69, 9.17) is 5.11 Å². The summed E-state index contributed by atoms with van der Waals surface area (Å²) in [5.74, 6) is -1.28. The maximum Gasteiger partial charge on any atom is 0.411 e. The van der Waals surface area contributed by atoms with E-state index in [1.807, 2.05) is 5.32 Å². The molecule has 0 aliphatic heterocycles. The summed E-state index contributed by atoms with van der Waals surface area (Å²) in [5, 5.41) is 12.4. The van der Waals surface area contributed by atoms with Crippen molar-refractivity contribution in [2.75, 3.05) is 0 Å². The molecule has 98 valence electrons. The van der Waals surface area contributed by atoms with Crippen LogP contribution in [0.15, 0.2) is 0 Å². The fourth-order valence-electron chi connectivity index (χ4n) is 1.35. The van der Waals surface area contributed by atoms with Crippen molar-refractivity contribution < 1.29 is 27.9 Å². The van der Waals surface area contributed by atoms with Crippen LogP contribution in [0.5, 0.6) is 0 Å². The van der Waals surface area contributed by atoms with E-state index in [0.717, 1.165) is 0 Å². The molecule has 5 nitrogen and oxygen atoms in total. The fraction of sp³-hybridized carbons (Fsp3) is 0.778. The summed E-state index contributed by atoms with van der Waals surface area (Å²) in [6, 6.07) is -2.28. The molecule has 8 heteroatoms. The van der Waals surface area contributed by atoms with Gasteiger partial charge >= 0.3 is 18.2 Å². The number of hydrogen-bond acceptors (Lipinski definition) is 2. The molecule has 0 saturated heterocycles. The highest BCUT2D eigenvalue weighted by atomic mass is 19.4. The minimum absolute atomic E-state index is 0.0990. The van der Waals surface area contributed by atoms with Gasteiger partial charge in [-0.1, -0.05) is 6.92 Å². The minimum atomic E-state index is -4.50. The Morgan fingerprint density at radius 2 is 1.94 bits per heavy atom. The van der Waals surface area contributed by atoms with Crippen molar-refractivity contribution in [1.29, 1.82) is 0 Å². The van der Waals surface area contributed by atoms with Gasteiger partial charge in [-0.3, -0.25) is 0 Å². The third kappa shape index (κ3) is 3.01. The maximum absolute atomic E-state index is 12.5. The van der Waals surface area contributed by atoms with Crippen molar-refractivity contribution in [2.24, 2.45) is 0 Å². The van der Waals surface area contributed by atoms with Crippen LogP contribution in [-0.2, 0) is 4.79 Å². The number of urea groups is 1. The molecule has 0 aromatic carbocycles. The summed E-state index contributed by atoms with van der Waals surface area (Å²) in [6.45, 7) is 1.51. The first-order valence-electron chi connectivity index (χ1n) is 5.10. The normalized spacial score (nSPS) is 19.3. The van der Waals surface area contributed by atoms with Crippen molar-refractivity contribution in [3.05, 3.63) is 0 Å². The molecule has 1 atom stereocenters. The molecule has 3 N–H and O–H groups in total. The van der Waals surface area contributed by atoms with E-state index in [1.165, 1.54) is 6.92 Å². The van der Waals surface area contributed by atoms with Crippen LogP contribution in [0.4, 0.5) is 18.0 Å². The van der Waals surface area contributed by atoms with Crippen LogP contribution in [0.3, 0.4) is 0 Å². The molecule has 0 aromatic heterocycles. The van der Waals surface area contributed by atoms with Crippen molar-refractivity contribution in [2.45, 2.75) is 43.9 Å². The van der Waals surface area contributed by atoms with Gasteiger partial charge in [0.2, 0.25) is 0 Å². The molecule has 1 fully saturated rings. The van der Waals surface area contributed by atoms with Crippen molar-refractivity contribution in [3.8, 4) is 0 Å². The second-order valence-electron chi connectivity index (χ2n) is 3.98. The van der Waals surface area contributed by atoms with Crippen LogP contribution in [0, 0.1) is 0 Å². The summed E-state index contributed by atoms with van der Waals surface area (Å²) in [6.07, 6.45) is -4.75. The van der Waals surface area contributed by atoms with Gasteiger partial charge in [0.15, 0.2) is 0 Å². The molecule has 0 spiro atoms. The molecule has 0 radical (unpaired) electrons. The van der Waals surface area contributed by atoms with E-state index >= 15 is 0 Å². The molecule has 17 heavy (non-hydrogen) atoms. The number of carboxylic acids is 1. The van der Waals surface area contributed by atoms with Gasteiger partial charge in [-0.25, -0.2) is 9.59 Å². The monoisotopic (exact) mass is 254 g/mol. The van der Waals surface area contributed by atoms with Gasteiger partial charge in [-0.05, 0) is 19.3 Å².